The summed E-state index contributed by atoms with van der Waals surface area (Å²) >= 11 is 3.29. The van der Waals surface area contributed by atoms with Crippen LogP contribution >= 0.6 is 36.5 Å². The summed E-state index contributed by atoms with van der Waals surface area (Å²) in [5.74, 6) is 0. The summed E-state index contributed by atoms with van der Waals surface area (Å²) in [5.41, 5.74) is 7.03. The van der Waals surface area contributed by atoms with Crippen LogP contribution in [0, 0.1) is 0 Å². The van der Waals surface area contributed by atoms with Crippen molar-refractivity contribution in [1.82, 2.24) is 0 Å². The van der Waals surface area contributed by atoms with E-state index < -0.39 is 19.7 Å². The summed E-state index contributed by atoms with van der Waals surface area (Å²) in [6.45, 7) is 0. The first-order valence-corrected chi connectivity index (χ1v) is 15.6. The fraction of sp³-hybridized carbons (Fsp3) is 0.100. The van der Waals surface area contributed by atoms with E-state index in [-0.39, 0.29) is 24.8 Å². The van der Waals surface area contributed by atoms with Crippen LogP contribution in [-0.4, -0.2) is 4.16 Å². The minimum absolute atomic E-state index is 0. The molecule has 0 spiro atoms. The van der Waals surface area contributed by atoms with E-state index in [0.717, 1.165) is 6.42 Å². The number of fused-ring (bicyclic) bond motifs is 4. The van der Waals surface area contributed by atoms with Crippen molar-refractivity contribution in [3.8, 4) is 0 Å². The fourth-order valence-corrected chi connectivity index (χ4v) is 11.8. The zero-order valence-corrected chi connectivity index (χ0v) is 20.7. The zero-order chi connectivity index (χ0) is 16.3. The summed E-state index contributed by atoms with van der Waals surface area (Å²) in [6, 6.07) is 13.4. The van der Waals surface area contributed by atoms with Gasteiger partial charge in [0, 0.05) is 0 Å². The Balaban J connectivity index is 0.000000980. The molecule has 1 atom stereocenters. The second-order valence-electron chi connectivity index (χ2n) is 6.14. The number of allylic oxidation sites excluding steroid dienone is 2. The molecule has 5 rings (SSSR count). The average molecular weight is 559 g/mol. The number of hydrogen-bond donors (Lipinski definition) is 0. The molecule has 0 saturated heterocycles. The van der Waals surface area contributed by atoms with E-state index in [4.69, 9.17) is 8.86 Å². The van der Waals surface area contributed by atoms with Crippen LogP contribution in [0.25, 0.3) is 17.7 Å². The molecule has 3 aliphatic rings. The SMILES string of the molecule is [Cl-].[Cl-].[S]=[Zr+2]([c]1cccc2c1C=CC2)[c]1cccc2c1C=C1SC(Br)C=C12. The van der Waals surface area contributed by atoms with E-state index in [2.05, 4.69) is 76.6 Å². The normalized spacial score (nSPS) is 17.8. The Labute approximate surface area is 189 Å². The Kier molecular flexibility index (Phi) is 6.65. The zero-order valence-electron chi connectivity index (χ0n) is 13.5. The predicted molar refractivity (Wildman–Crippen MR) is 109 cm³/mol. The molecule has 0 radical (unpaired) electrons. The van der Waals surface area contributed by atoms with E-state index in [0.29, 0.717) is 4.16 Å². The van der Waals surface area contributed by atoms with Crippen molar-refractivity contribution < 1.29 is 44.5 Å². The van der Waals surface area contributed by atoms with Crippen LogP contribution in [0.3, 0.4) is 0 Å². The molecule has 2 aromatic rings. The van der Waals surface area contributed by atoms with Gasteiger partial charge in [-0.05, 0) is 0 Å². The van der Waals surface area contributed by atoms with Gasteiger partial charge in [-0.3, -0.25) is 0 Å². The second kappa shape index (κ2) is 8.27. The van der Waals surface area contributed by atoms with E-state index in [1.165, 1.54) is 39.3 Å². The molecule has 130 valence electrons. The summed E-state index contributed by atoms with van der Waals surface area (Å²) in [4.78, 5) is 1.39. The Morgan fingerprint density at radius 3 is 2.58 bits per heavy atom. The summed E-state index contributed by atoms with van der Waals surface area (Å²) in [5, 5.41) is 0. The van der Waals surface area contributed by atoms with Gasteiger partial charge < -0.3 is 24.8 Å². The van der Waals surface area contributed by atoms with E-state index in [1.54, 1.807) is 0 Å². The maximum atomic E-state index is 6.21. The van der Waals surface area contributed by atoms with Crippen molar-refractivity contribution >= 4 is 60.8 Å². The number of halogens is 3. The van der Waals surface area contributed by atoms with Crippen molar-refractivity contribution in [3.63, 3.8) is 0 Å². The number of thioether (sulfide) groups is 1. The number of rotatable bonds is 2. The van der Waals surface area contributed by atoms with Crippen LogP contribution in [0.5, 0.6) is 0 Å². The van der Waals surface area contributed by atoms with Gasteiger partial charge in [0.1, 0.15) is 0 Å². The monoisotopic (exact) mass is 556 g/mol. The molecule has 1 unspecified atom stereocenters. The fourth-order valence-electron chi connectivity index (χ4n) is 3.69. The first-order chi connectivity index (χ1) is 11.7. The molecule has 0 saturated carbocycles. The minimum atomic E-state index is -2.30. The quantitative estimate of drug-likeness (QED) is 0.441. The van der Waals surface area contributed by atoms with Crippen molar-refractivity contribution in [1.29, 1.82) is 0 Å². The predicted octanol–water partition coefficient (Wildman–Crippen LogP) is -0.849. The second-order valence-corrected chi connectivity index (χ2v) is 15.6. The molecule has 6 heteroatoms. The molecule has 0 fully saturated rings. The van der Waals surface area contributed by atoms with Crippen LogP contribution in [-0.2, 0) is 26.1 Å². The Bertz CT molecular complexity index is 1010. The van der Waals surface area contributed by atoms with E-state index >= 15 is 0 Å². The molecule has 0 amide bonds. The Morgan fingerprint density at radius 2 is 1.77 bits per heavy atom. The maximum absolute atomic E-state index is 6.21. The van der Waals surface area contributed by atoms with E-state index in [9.17, 15) is 0 Å². The Morgan fingerprint density at radius 1 is 1.04 bits per heavy atom. The van der Waals surface area contributed by atoms with Gasteiger partial charge in [0.2, 0.25) is 0 Å². The Hall–Kier alpha value is 0.173. The van der Waals surface area contributed by atoms with Crippen LogP contribution in [0.1, 0.15) is 22.3 Å². The molecule has 0 aromatic heterocycles. The molecule has 0 nitrogen and oxygen atoms in total. The molecule has 2 aliphatic carbocycles. The van der Waals surface area contributed by atoms with Crippen LogP contribution in [0.2, 0.25) is 0 Å². The first kappa shape index (κ1) is 20.9. The van der Waals surface area contributed by atoms with Crippen LogP contribution in [0.4, 0.5) is 0 Å². The van der Waals surface area contributed by atoms with Crippen molar-refractivity contribution in [2.45, 2.75) is 10.6 Å². The molecule has 2 aromatic carbocycles. The van der Waals surface area contributed by atoms with E-state index in [1.807, 2.05) is 11.8 Å². The van der Waals surface area contributed by atoms with Crippen molar-refractivity contribution in [3.05, 3.63) is 75.7 Å². The first-order valence-electron chi connectivity index (χ1n) is 7.93. The van der Waals surface area contributed by atoms with Crippen molar-refractivity contribution in [2.24, 2.45) is 0 Å². The molecule has 26 heavy (non-hydrogen) atoms. The molecule has 0 N–H and O–H groups in total. The van der Waals surface area contributed by atoms with Gasteiger partial charge in [-0.2, -0.15) is 0 Å². The topological polar surface area (TPSA) is 0 Å². The number of alkyl halides is 1. The summed E-state index contributed by atoms with van der Waals surface area (Å²) in [6.07, 6.45) is 10.3. The van der Waals surface area contributed by atoms with Gasteiger partial charge in [-0.15, -0.1) is 0 Å². The van der Waals surface area contributed by atoms with Crippen LogP contribution in [0.15, 0.2) is 53.5 Å². The molecule has 1 aliphatic heterocycles. The molecule has 0 bridgehead atoms. The molecular weight excluding hydrogens is 546 g/mol. The third-order valence-corrected chi connectivity index (χ3v) is 13.7. The van der Waals surface area contributed by atoms with Gasteiger partial charge in [0.25, 0.3) is 0 Å². The van der Waals surface area contributed by atoms with Gasteiger partial charge in [-0.1, -0.05) is 0 Å². The summed E-state index contributed by atoms with van der Waals surface area (Å²) < 4.78 is 3.32. The standard InChI is InChI=1S/C11H6BrS.C9H7.2ClH.S.Zr/c12-11-6-9-8-4-2-1-3-7(8)5-10(9)13-11;1-2-5-9-7-3-6-8(9)4-1;;;;/h1-2,4-6,11H;1-4,7H,6H2;2*1H;;/q;;;;;+2/p-2. The third-order valence-electron chi connectivity index (χ3n) is 4.78. The van der Waals surface area contributed by atoms with Gasteiger partial charge in [-0.25, -0.2) is 0 Å². The van der Waals surface area contributed by atoms with Gasteiger partial charge >= 0.3 is 167 Å². The summed E-state index contributed by atoms with van der Waals surface area (Å²) in [7, 11) is 6.21. The van der Waals surface area contributed by atoms with Crippen LogP contribution < -0.4 is 31.4 Å². The third kappa shape index (κ3) is 3.36. The van der Waals surface area contributed by atoms with Crippen molar-refractivity contribution in [2.75, 3.05) is 0 Å². The number of hydrogen-bond acceptors (Lipinski definition) is 2. The molecular formula is C20H13BrCl2S2Zr. The van der Waals surface area contributed by atoms with Gasteiger partial charge in [0.05, 0.1) is 0 Å². The van der Waals surface area contributed by atoms with Gasteiger partial charge in [0.15, 0.2) is 0 Å². The molecule has 1 heterocycles. The average Bonchev–Trinajstić information content (AvgIpc) is 3.27. The number of benzene rings is 2.